The van der Waals surface area contributed by atoms with Gasteiger partial charge in [0, 0.05) is 16.5 Å². The number of nitrogens with two attached hydrogens (primary N) is 1. The normalized spacial score (nSPS) is 11.9. The van der Waals surface area contributed by atoms with Gasteiger partial charge in [0.15, 0.2) is 0 Å². The molecule has 1 atom stereocenters. The lowest BCUT2D eigenvalue weighted by atomic mass is 10.0. The fraction of sp³-hybridized carbons (Fsp3) is 0.100. The van der Waals surface area contributed by atoms with Gasteiger partial charge in [-0.3, -0.25) is 9.59 Å². The first kappa shape index (κ1) is 17.2. The van der Waals surface area contributed by atoms with E-state index in [-0.39, 0.29) is 5.91 Å². The minimum Gasteiger partial charge on any atom is -0.368 e. The molecular weight excluding hydrogens is 380 g/mol. The topological polar surface area (TPSA) is 72.2 Å². The van der Waals surface area contributed by atoms with Crippen molar-refractivity contribution in [2.75, 3.05) is 0 Å². The lowest BCUT2D eigenvalue weighted by Crippen LogP contribution is -2.45. The van der Waals surface area contributed by atoms with Crippen LogP contribution in [0.25, 0.3) is 10.8 Å². The number of rotatable bonds is 5. The van der Waals surface area contributed by atoms with Crippen molar-refractivity contribution in [3.05, 3.63) is 82.3 Å². The Kier molecular flexibility index (Phi) is 5.14. The molecule has 0 aliphatic carbocycles. The van der Waals surface area contributed by atoms with Crippen LogP contribution in [0, 0.1) is 0 Å². The van der Waals surface area contributed by atoms with Gasteiger partial charge in [-0.05, 0) is 40.6 Å². The van der Waals surface area contributed by atoms with Gasteiger partial charge in [-0.1, -0.05) is 58.4 Å². The zero-order chi connectivity index (χ0) is 17.8. The number of fused-ring (bicyclic) bond motifs is 1. The van der Waals surface area contributed by atoms with Crippen molar-refractivity contribution >= 4 is 38.5 Å². The third kappa shape index (κ3) is 4.25. The lowest BCUT2D eigenvalue weighted by Gasteiger charge is -2.16. The van der Waals surface area contributed by atoms with Crippen LogP contribution in [-0.2, 0) is 11.2 Å². The van der Waals surface area contributed by atoms with Crippen LogP contribution in [0.2, 0.25) is 0 Å². The number of hydrogen-bond donors (Lipinski definition) is 2. The maximum Gasteiger partial charge on any atom is 0.251 e. The maximum absolute atomic E-state index is 12.5. The number of primary amides is 1. The molecule has 3 N–H and O–H groups in total. The predicted octanol–water partition coefficient (Wildman–Crippen LogP) is 3.43. The number of halogens is 1. The average Bonchev–Trinajstić information content (AvgIpc) is 2.60. The van der Waals surface area contributed by atoms with Gasteiger partial charge in [0.1, 0.15) is 6.04 Å². The van der Waals surface area contributed by atoms with E-state index in [2.05, 4.69) is 21.2 Å². The molecule has 25 heavy (non-hydrogen) atoms. The highest BCUT2D eigenvalue weighted by Gasteiger charge is 2.19. The molecule has 0 aromatic heterocycles. The van der Waals surface area contributed by atoms with Gasteiger partial charge in [0.05, 0.1) is 0 Å². The zero-order valence-electron chi connectivity index (χ0n) is 13.4. The molecule has 5 heteroatoms. The summed E-state index contributed by atoms with van der Waals surface area (Å²) in [6.07, 6.45) is 0.341. The van der Waals surface area contributed by atoms with Crippen LogP contribution in [0.3, 0.4) is 0 Å². The third-order valence-electron chi connectivity index (χ3n) is 3.99. The standard InChI is InChI=1S/C20H17BrN2O2/c21-17-7-3-4-13(10-17)11-18(19(22)24)23-20(25)16-9-8-14-5-1-2-6-15(14)12-16/h1-10,12,18H,11H2,(H2,22,24)(H,23,25)/t18-/m0/s1. The van der Waals surface area contributed by atoms with E-state index in [1.807, 2.05) is 60.7 Å². The summed E-state index contributed by atoms with van der Waals surface area (Å²) in [4.78, 5) is 24.3. The van der Waals surface area contributed by atoms with Crippen molar-refractivity contribution in [3.8, 4) is 0 Å². The van der Waals surface area contributed by atoms with E-state index in [4.69, 9.17) is 5.73 Å². The van der Waals surface area contributed by atoms with Gasteiger partial charge in [-0.25, -0.2) is 0 Å². The van der Waals surface area contributed by atoms with Crippen LogP contribution in [-0.4, -0.2) is 17.9 Å². The number of hydrogen-bond acceptors (Lipinski definition) is 2. The van der Waals surface area contributed by atoms with Gasteiger partial charge >= 0.3 is 0 Å². The minimum atomic E-state index is -0.770. The average molecular weight is 397 g/mol. The van der Waals surface area contributed by atoms with Gasteiger partial charge in [0.2, 0.25) is 5.91 Å². The third-order valence-corrected chi connectivity index (χ3v) is 4.48. The number of carbonyl (C=O) groups is 2. The SMILES string of the molecule is NC(=O)[C@H](Cc1cccc(Br)c1)NC(=O)c1ccc2ccccc2c1. The number of benzene rings is 3. The van der Waals surface area contributed by atoms with Crippen LogP contribution in [0.5, 0.6) is 0 Å². The highest BCUT2D eigenvalue weighted by atomic mass is 79.9. The second-order valence-electron chi connectivity index (χ2n) is 5.82. The Morgan fingerprint density at radius 2 is 1.72 bits per heavy atom. The molecule has 0 radical (unpaired) electrons. The molecule has 0 bridgehead atoms. The molecular formula is C20H17BrN2O2. The van der Waals surface area contributed by atoms with E-state index in [0.29, 0.717) is 12.0 Å². The second kappa shape index (κ2) is 7.49. The van der Waals surface area contributed by atoms with E-state index in [0.717, 1.165) is 20.8 Å². The van der Waals surface area contributed by atoms with E-state index < -0.39 is 11.9 Å². The summed E-state index contributed by atoms with van der Waals surface area (Å²) in [7, 11) is 0. The summed E-state index contributed by atoms with van der Waals surface area (Å²) < 4.78 is 0.911. The van der Waals surface area contributed by atoms with Crippen LogP contribution in [0.15, 0.2) is 71.2 Å². The Morgan fingerprint density at radius 1 is 0.960 bits per heavy atom. The van der Waals surface area contributed by atoms with Crippen LogP contribution < -0.4 is 11.1 Å². The molecule has 0 heterocycles. The number of nitrogens with one attached hydrogen (secondary N) is 1. The van der Waals surface area contributed by atoms with Crippen LogP contribution >= 0.6 is 15.9 Å². The molecule has 0 spiro atoms. The number of amides is 2. The van der Waals surface area contributed by atoms with Crippen molar-refractivity contribution in [1.29, 1.82) is 0 Å². The molecule has 2 amide bonds. The lowest BCUT2D eigenvalue weighted by molar-refractivity contribution is -0.119. The smallest absolute Gasteiger partial charge is 0.251 e. The largest absolute Gasteiger partial charge is 0.368 e. The Bertz CT molecular complexity index is 940. The summed E-state index contributed by atoms with van der Waals surface area (Å²) in [5.74, 6) is -0.876. The van der Waals surface area contributed by atoms with Crippen LogP contribution in [0.4, 0.5) is 0 Å². The minimum absolute atomic E-state index is 0.315. The predicted molar refractivity (Wildman–Crippen MR) is 102 cm³/mol. The highest BCUT2D eigenvalue weighted by molar-refractivity contribution is 9.10. The fourth-order valence-corrected chi connectivity index (χ4v) is 3.14. The Labute approximate surface area is 154 Å². The molecule has 0 saturated heterocycles. The zero-order valence-corrected chi connectivity index (χ0v) is 15.0. The Hall–Kier alpha value is -2.66. The molecule has 0 unspecified atom stereocenters. The summed E-state index contributed by atoms with van der Waals surface area (Å²) in [6, 6.07) is 20.0. The Morgan fingerprint density at radius 3 is 2.44 bits per heavy atom. The van der Waals surface area contributed by atoms with E-state index >= 15 is 0 Å². The molecule has 0 saturated carbocycles. The molecule has 126 valence electrons. The molecule has 3 aromatic carbocycles. The molecule has 4 nitrogen and oxygen atoms in total. The van der Waals surface area contributed by atoms with Gasteiger partial charge in [-0.2, -0.15) is 0 Å². The second-order valence-corrected chi connectivity index (χ2v) is 6.74. The van der Waals surface area contributed by atoms with Gasteiger partial charge in [0.25, 0.3) is 5.91 Å². The Balaban J connectivity index is 1.78. The van der Waals surface area contributed by atoms with Gasteiger partial charge < -0.3 is 11.1 Å². The summed E-state index contributed by atoms with van der Waals surface area (Å²) in [6.45, 7) is 0. The van der Waals surface area contributed by atoms with E-state index in [1.165, 1.54) is 0 Å². The first-order valence-corrected chi connectivity index (χ1v) is 8.65. The van der Waals surface area contributed by atoms with Crippen molar-refractivity contribution < 1.29 is 9.59 Å². The summed E-state index contributed by atoms with van der Waals surface area (Å²) in [5.41, 5.74) is 6.89. The molecule has 3 aromatic rings. The first-order chi connectivity index (χ1) is 12.0. The fourth-order valence-electron chi connectivity index (χ4n) is 2.69. The van der Waals surface area contributed by atoms with Crippen molar-refractivity contribution in [1.82, 2.24) is 5.32 Å². The summed E-state index contributed by atoms with van der Waals surface area (Å²) >= 11 is 3.40. The quantitative estimate of drug-likeness (QED) is 0.693. The summed E-state index contributed by atoms with van der Waals surface area (Å²) in [5, 5.41) is 4.76. The van der Waals surface area contributed by atoms with E-state index in [9.17, 15) is 9.59 Å². The first-order valence-electron chi connectivity index (χ1n) is 7.86. The molecule has 0 aliphatic rings. The molecule has 3 rings (SSSR count). The maximum atomic E-state index is 12.5. The number of carbonyl (C=O) groups excluding carboxylic acids is 2. The highest BCUT2D eigenvalue weighted by Crippen LogP contribution is 2.16. The van der Waals surface area contributed by atoms with Crippen molar-refractivity contribution in [2.45, 2.75) is 12.5 Å². The van der Waals surface area contributed by atoms with E-state index in [1.54, 1.807) is 6.07 Å². The molecule has 0 aliphatic heterocycles. The van der Waals surface area contributed by atoms with Crippen molar-refractivity contribution in [2.24, 2.45) is 5.73 Å². The molecule has 0 fully saturated rings. The van der Waals surface area contributed by atoms with Crippen LogP contribution in [0.1, 0.15) is 15.9 Å². The monoisotopic (exact) mass is 396 g/mol. The van der Waals surface area contributed by atoms with Gasteiger partial charge in [-0.15, -0.1) is 0 Å². The van der Waals surface area contributed by atoms with Crippen molar-refractivity contribution in [3.63, 3.8) is 0 Å².